The van der Waals surface area contributed by atoms with Crippen molar-refractivity contribution in [1.29, 1.82) is 0 Å². The quantitative estimate of drug-likeness (QED) is 0.399. The molecule has 2 aromatic rings. The SMILES string of the molecule is Nc1ccc(F)c(C(=O)c2cc(F)c(F)cc2F)c1F. The van der Waals surface area contributed by atoms with Gasteiger partial charge in [-0.15, -0.1) is 0 Å². The van der Waals surface area contributed by atoms with Crippen molar-refractivity contribution in [2.24, 2.45) is 0 Å². The zero-order valence-electron chi connectivity index (χ0n) is 9.68. The molecule has 0 atom stereocenters. The van der Waals surface area contributed by atoms with Crippen LogP contribution in [0, 0.1) is 29.1 Å². The number of anilines is 1. The monoisotopic (exact) mass is 287 g/mol. The van der Waals surface area contributed by atoms with E-state index in [1.54, 1.807) is 0 Å². The van der Waals surface area contributed by atoms with Gasteiger partial charge in [0.05, 0.1) is 16.8 Å². The first-order valence-corrected chi connectivity index (χ1v) is 5.25. The predicted molar refractivity (Wildman–Crippen MR) is 60.5 cm³/mol. The fourth-order valence-corrected chi connectivity index (χ4v) is 1.61. The van der Waals surface area contributed by atoms with Crippen LogP contribution in [0.25, 0.3) is 0 Å². The minimum absolute atomic E-state index is 0.116. The number of rotatable bonds is 2. The zero-order chi connectivity index (χ0) is 15.0. The second-order valence-corrected chi connectivity index (χ2v) is 3.90. The van der Waals surface area contributed by atoms with Gasteiger partial charge in [-0.25, -0.2) is 22.0 Å². The van der Waals surface area contributed by atoms with Gasteiger partial charge in [0.2, 0.25) is 5.78 Å². The van der Waals surface area contributed by atoms with Gasteiger partial charge in [0.1, 0.15) is 11.6 Å². The maximum atomic E-state index is 13.6. The molecule has 0 aliphatic heterocycles. The van der Waals surface area contributed by atoms with Gasteiger partial charge in [0.25, 0.3) is 0 Å². The van der Waals surface area contributed by atoms with E-state index in [0.717, 1.165) is 6.07 Å². The molecule has 0 aliphatic rings. The Kier molecular flexibility index (Phi) is 3.44. The molecule has 0 heterocycles. The van der Waals surface area contributed by atoms with Gasteiger partial charge in [0.15, 0.2) is 17.5 Å². The van der Waals surface area contributed by atoms with Crippen molar-refractivity contribution >= 4 is 11.5 Å². The van der Waals surface area contributed by atoms with Crippen LogP contribution < -0.4 is 5.73 Å². The van der Waals surface area contributed by atoms with Crippen molar-refractivity contribution in [1.82, 2.24) is 0 Å². The number of ketones is 1. The maximum absolute atomic E-state index is 13.6. The molecule has 0 saturated carbocycles. The third-order valence-corrected chi connectivity index (χ3v) is 2.60. The number of nitrogen functional groups attached to an aromatic ring is 1. The summed E-state index contributed by atoms with van der Waals surface area (Å²) < 4.78 is 66.3. The van der Waals surface area contributed by atoms with Crippen LogP contribution >= 0.6 is 0 Å². The van der Waals surface area contributed by atoms with Crippen LogP contribution in [0.2, 0.25) is 0 Å². The lowest BCUT2D eigenvalue weighted by molar-refractivity contribution is 0.102. The molecule has 20 heavy (non-hydrogen) atoms. The Morgan fingerprint density at radius 1 is 0.850 bits per heavy atom. The standard InChI is InChI=1S/C13H6F5NO/c14-6-1-2-10(19)12(18)11(6)13(20)5-3-8(16)9(17)4-7(5)15/h1-4H,19H2. The molecule has 0 aliphatic carbocycles. The molecular weight excluding hydrogens is 281 g/mol. The first-order valence-electron chi connectivity index (χ1n) is 5.25. The predicted octanol–water partition coefficient (Wildman–Crippen LogP) is 3.20. The summed E-state index contributed by atoms with van der Waals surface area (Å²) >= 11 is 0. The molecule has 2 N–H and O–H groups in total. The molecule has 0 bridgehead atoms. The molecule has 0 saturated heterocycles. The number of benzene rings is 2. The molecule has 0 unspecified atom stereocenters. The van der Waals surface area contributed by atoms with E-state index >= 15 is 0 Å². The van der Waals surface area contributed by atoms with Gasteiger partial charge >= 0.3 is 0 Å². The fraction of sp³-hybridized carbons (Fsp3) is 0. The third kappa shape index (κ3) is 2.22. The Morgan fingerprint density at radius 2 is 1.45 bits per heavy atom. The van der Waals surface area contributed by atoms with Gasteiger partial charge in [-0.3, -0.25) is 4.79 Å². The number of halogens is 5. The first-order chi connectivity index (χ1) is 9.32. The topological polar surface area (TPSA) is 43.1 Å². The highest BCUT2D eigenvalue weighted by atomic mass is 19.2. The van der Waals surface area contributed by atoms with Gasteiger partial charge in [0, 0.05) is 6.07 Å². The highest BCUT2D eigenvalue weighted by Crippen LogP contribution is 2.24. The summed E-state index contributed by atoms with van der Waals surface area (Å²) in [6.45, 7) is 0. The number of carbonyl (C=O) groups is 1. The molecule has 2 nitrogen and oxygen atoms in total. The van der Waals surface area contributed by atoms with Gasteiger partial charge in [-0.1, -0.05) is 0 Å². The normalized spacial score (nSPS) is 10.7. The summed E-state index contributed by atoms with van der Waals surface area (Å²) in [5, 5.41) is 0. The summed E-state index contributed by atoms with van der Waals surface area (Å²) in [7, 11) is 0. The molecule has 0 aromatic heterocycles. The fourth-order valence-electron chi connectivity index (χ4n) is 1.61. The molecule has 2 aromatic carbocycles. The lowest BCUT2D eigenvalue weighted by Gasteiger charge is -2.07. The van der Waals surface area contributed by atoms with Crippen molar-refractivity contribution in [3.05, 3.63) is 64.5 Å². The van der Waals surface area contributed by atoms with E-state index in [-0.39, 0.29) is 12.1 Å². The summed E-state index contributed by atoms with van der Waals surface area (Å²) in [4.78, 5) is 11.9. The minimum Gasteiger partial charge on any atom is -0.396 e. The molecule has 0 fully saturated rings. The average Bonchev–Trinajstić information content (AvgIpc) is 2.38. The van der Waals surface area contributed by atoms with Crippen LogP contribution in [0.5, 0.6) is 0 Å². The van der Waals surface area contributed by atoms with Crippen molar-refractivity contribution < 1.29 is 26.7 Å². The first kappa shape index (κ1) is 14.0. The lowest BCUT2D eigenvalue weighted by Crippen LogP contribution is -2.12. The molecule has 7 heteroatoms. The van der Waals surface area contributed by atoms with Gasteiger partial charge in [-0.05, 0) is 18.2 Å². The van der Waals surface area contributed by atoms with Crippen LogP contribution in [0.3, 0.4) is 0 Å². The van der Waals surface area contributed by atoms with E-state index in [1.807, 2.05) is 0 Å². The number of hydrogen-bond acceptors (Lipinski definition) is 2. The number of nitrogens with two attached hydrogens (primary N) is 1. The second-order valence-electron chi connectivity index (χ2n) is 3.90. The van der Waals surface area contributed by atoms with Crippen molar-refractivity contribution in [2.75, 3.05) is 5.73 Å². The third-order valence-electron chi connectivity index (χ3n) is 2.60. The summed E-state index contributed by atoms with van der Waals surface area (Å²) in [5.41, 5.74) is 2.52. The minimum atomic E-state index is -1.52. The van der Waals surface area contributed by atoms with Crippen molar-refractivity contribution in [3.63, 3.8) is 0 Å². The van der Waals surface area contributed by atoms with E-state index in [9.17, 15) is 26.7 Å². The molecule has 2 rings (SSSR count). The number of carbonyl (C=O) groups excluding carboxylic acids is 1. The lowest BCUT2D eigenvalue weighted by atomic mass is 10.0. The molecular formula is C13H6F5NO. The molecule has 0 radical (unpaired) electrons. The van der Waals surface area contributed by atoms with E-state index in [0.29, 0.717) is 6.07 Å². The van der Waals surface area contributed by atoms with Crippen LogP contribution in [-0.4, -0.2) is 5.78 Å². The van der Waals surface area contributed by atoms with E-state index in [2.05, 4.69) is 0 Å². The number of hydrogen-bond donors (Lipinski definition) is 1. The van der Waals surface area contributed by atoms with Crippen LogP contribution in [0.15, 0.2) is 24.3 Å². The van der Waals surface area contributed by atoms with Crippen LogP contribution in [0.4, 0.5) is 27.6 Å². The van der Waals surface area contributed by atoms with Crippen molar-refractivity contribution in [2.45, 2.75) is 0 Å². The van der Waals surface area contributed by atoms with Crippen LogP contribution in [-0.2, 0) is 0 Å². The van der Waals surface area contributed by atoms with Gasteiger partial charge < -0.3 is 5.73 Å². The zero-order valence-corrected chi connectivity index (χ0v) is 9.68. The Morgan fingerprint density at radius 3 is 2.10 bits per heavy atom. The van der Waals surface area contributed by atoms with E-state index < -0.39 is 51.7 Å². The molecule has 0 spiro atoms. The smallest absolute Gasteiger partial charge is 0.202 e. The van der Waals surface area contributed by atoms with Gasteiger partial charge in [-0.2, -0.15) is 0 Å². The van der Waals surface area contributed by atoms with E-state index in [4.69, 9.17) is 5.73 Å². The Hall–Kier alpha value is -2.44. The Balaban J connectivity index is 2.64. The second kappa shape index (κ2) is 4.92. The summed E-state index contributed by atoms with van der Waals surface area (Å²) in [6, 6.07) is 1.94. The van der Waals surface area contributed by atoms with Crippen molar-refractivity contribution in [3.8, 4) is 0 Å². The molecule has 104 valence electrons. The molecule has 0 amide bonds. The summed E-state index contributed by atoms with van der Waals surface area (Å²) in [5.74, 6) is -8.61. The average molecular weight is 287 g/mol. The van der Waals surface area contributed by atoms with Crippen LogP contribution in [0.1, 0.15) is 15.9 Å². The highest BCUT2D eigenvalue weighted by Gasteiger charge is 2.24. The Labute approximate surface area is 109 Å². The largest absolute Gasteiger partial charge is 0.396 e. The highest BCUT2D eigenvalue weighted by molar-refractivity contribution is 6.10. The Bertz CT molecular complexity index is 714. The summed E-state index contributed by atoms with van der Waals surface area (Å²) in [6.07, 6.45) is 0. The van der Waals surface area contributed by atoms with E-state index in [1.165, 1.54) is 0 Å². The maximum Gasteiger partial charge on any atom is 0.202 e.